The Bertz CT molecular complexity index is 180. The zero-order chi connectivity index (χ0) is 10.3. The third-order valence-corrected chi connectivity index (χ3v) is 1.74. The summed E-state index contributed by atoms with van der Waals surface area (Å²) in [4.78, 5) is 22.9. The molecule has 0 aliphatic rings. The zero-order valence-electron chi connectivity index (χ0n) is 8.38. The normalized spacial score (nSPS) is 10.4. The molecule has 0 saturated heterocycles. The van der Waals surface area contributed by atoms with Crippen molar-refractivity contribution < 1.29 is 9.59 Å². The van der Waals surface area contributed by atoms with E-state index in [0.29, 0.717) is 13.0 Å². The molecule has 0 rings (SSSR count). The van der Waals surface area contributed by atoms with Gasteiger partial charge in [-0.25, -0.2) is 0 Å². The second-order valence-electron chi connectivity index (χ2n) is 3.36. The van der Waals surface area contributed by atoms with Gasteiger partial charge in [0.25, 0.3) is 0 Å². The van der Waals surface area contributed by atoms with Crippen LogP contribution in [0.4, 0.5) is 0 Å². The van der Waals surface area contributed by atoms with Crippen LogP contribution in [0.15, 0.2) is 0 Å². The van der Waals surface area contributed by atoms with Crippen molar-refractivity contribution >= 4 is 11.7 Å². The molecule has 0 aliphatic heterocycles. The number of primary amides is 1. The Hall–Kier alpha value is -0.900. The zero-order valence-corrected chi connectivity index (χ0v) is 8.38. The molecular formula is C9H18N2O2. The standard InChI is InChI=1S/C9H18N2O2/c1-8(12)5-3-4-6-11(2)7-9(10)13/h3-7H2,1-2H3,(H2,10,13). The van der Waals surface area contributed by atoms with Gasteiger partial charge in [-0.2, -0.15) is 0 Å². The Kier molecular flexibility index (Phi) is 6.14. The number of nitrogens with two attached hydrogens (primary N) is 1. The number of carbonyl (C=O) groups is 2. The minimum Gasteiger partial charge on any atom is -0.369 e. The first-order chi connectivity index (χ1) is 6.02. The molecule has 2 N–H and O–H groups in total. The summed E-state index contributed by atoms with van der Waals surface area (Å²) in [5.41, 5.74) is 5.01. The van der Waals surface area contributed by atoms with E-state index >= 15 is 0 Å². The van der Waals surface area contributed by atoms with Crippen molar-refractivity contribution in [3.63, 3.8) is 0 Å². The first kappa shape index (κ1) is 12.1. The molecule has 1 amide bonds. The Morgan fingerprint density at radius 2 is 1.92 bits per heavy atom. The SMILES string of the molecule is CC(=O)CCCCN(C)CC(N)=O. The summed E-state index contributed by atoms with van der Waals surface area (Å²) in [5.74, 6) is -0.0911. The van der Waals surface area contributed by atoms with Gasteiger partial charge in [0.15, 0.2) is 0 Å². The average Bonchev–Trinajstić information content (AvgIpc) is 1.96. The summed E-state index contributed by atoms with van der Waals surface area (Å²) in [6.07, 6.45) is 2.45. The maximum atomic E-state index is 10.6. The predicted octanol–water partition coefficient (Wildman–Crippen LogP) is 0.163. The van der Waals surface area contributed by atoms with Crippen LogP contribution in [0.5, 0.6) is 0 Å². The molecule has 0 heterocycles. The first-order valence-corrected chi connectivity index (χ1v) is 4.48. The van der Waals surface area contributed by atoms with Crippen LogP contribution >= 0.6 is 0 Å². The number of ketones is 1. The van der Waals surface area contributed by atoms with Crippen LogP contribution in [0.2, 0.25) is 0 Å². The number of hydrogen-bond donors (Lipinski definition) is 1. The molecule has 0 atom stereocenters. The molecule has 0 aromatic heterocycles. The van der Waals surface area contributed by atoms with Gasteiger partial charge in [-0.05, 0) is 33.4 Å². The second-order valence-corrected chi connectivity index (χ2v) is 3.36. The monoisotopic (exact) mass is 186 g/mol. The molecule has 4 nitrogen and oxygen atoms in total. The molecule has 0 bridgehead atoms. The van der Waals surface area contributed by atoms with Gasteiger partial charge in [0.05, 0.1) is 6.54 Å². The lowest BCUT2D eigenvalue weighted by atomic mass is 10.2. The molecule has 0 saturated carbocycles. The highest BCUT2D eigenvalue weighted by molar-refractivity contribution is 5.76. The van der Waals surface area contributed by atoms with E-state index in [2.05, 4.69) is 0 Å². The van der Waals surface area contributed by atoms with Gasteiger partial charge in [0.2, 0.25) is 5.91 Å². The van der Waals surface area contributed by atoms with Gasteiger partial charge >= 0.3 is 0 Å². The molecule has 76 valence electrons. The number of amides is 1. The summed E-state index contributed by atoms with van der Waals surface area (Å²) >= 11 is 0. The van der Waals surface area contributed by atoms with Gasteiger partial charge in [-0.15, -0.1) is 0 Å². The van der Waals surface area contributed by atoms with Gasteiger partial charge in [-0.1, -0.05) is 0 Å². The minimum absolute atomic E-state index is 0.220. The summed E-state index contributed by atoms with van der Waals surface area (Å²) in [6, 6.07) is 0. The highest BCUT2D eigenvalue weighted by Gasteiger charge is 2.01. The van der Waals surface area contributed by atoms with Gasteiger partial charge in [0, 0.05) is 6.42 Å². The van der Waals surface area contributed by atoms with Crippen molar-refractivity contribution in [2.24, 2.45) is 5.73 Å². The fraction of sp³-hybridized carbons (Fsp3) is 0.778. The van der Waals surface area contributed by atoms with Crippen molar-refractivity contribution in [2.45, 2.75) is 26.2 Å². The van der Waals surface area contributed by atoms with Crippen molar-refractivity contribution in [3.8, 4) is 0 Å². The van der Waals surface area contributed by atoms with Crippen LogP contribution in [-0.4, -0.2) is 36.7 Å². The largest absolute Gasteiger partial charge is 0.369 e. The summed E-state index contributed by atoms with van der Waals surface area (Å²) in [5, 5.41) is 0. The van der Waals surface area contributed by atoms with E-state index < -0.39 is 0 Å². The number of Topliss-reactive ketones (excluding diaryl/α,β-unsaturated/α-hetero) is 1. The second kappa shape index (κ2) is 6.60. The average molecular weight is 186 g/mol. The third kappa shape index (κ3) is 9.01. The lowest BCUT2D eigenvalue weighted by molar-refractivity contribution is -0.119. The van der Waals surface area contributed by atoms with E-state index in [1.165, 1.54) is 0 Å². The molecule has 0 fully saturated rings. The van der Waals surface area contributed by atoms with E-state index in [-0.39, 0.29) is 11.7 Å². The Labute approximate surface area is 79.1 Å². The van der Waals surface area contributed by atoms with E-state index in [4.69, 9.17) is 5.73 Å². The quantitative estimate of drug-likeness (QED) is 0.576. The van der Waals surface area contributed by atoms with Crippen LogP contribution in [0.3, 0.4) is 0 Å². The molecule has 0 aromatic rings. The predicted molar refractivity (Wildman–Crippen MR) is 51.2 cm³/mol. The molecular weight excluding hydrogens is 168 g/mol. The maximum absolute atomic E-state index is 10.6. The van der Waals surface area contributed by atoms with Gasteiger partial charge in [0.1, 0.15) is 5.78 Å². The number of carbonyl (C=O) groups excluding carboxylic acids is 2. The van der Waals surface area contributed by atoms with Crippen molar-refractivity contribution in [2.75, 3.05) is 20.1 Å². The third-order valence-electron chi connectivity index (χ3n) is 1.74. The first-order valence-electron chi connectivity index (χ1n) is 4.48. The van der Waals surface area contributed by atoms with Crippen LogP contribution in [0.1, 0.15) is 26.2 Å². The van der Waals surface area contributed by atoms with Crippen molar-refractivity contribution in [1.29, 1.82) is 0 Å². The summed E-state index contributed by atoms with van der Waals surface area (Å²) in [7, 11) is 1.85. The fourth-order valence-corrected chi connectivity index (χ4v) is 1.10. The molecule has 0 radical (unpaired) electrons. The lowest BCUT2D eigenvalue weighted by Crippen LogP contribution is -2.31. The molecule has 0 aliphatic carbocycles. The Morgan fingerprint density at radius 1 is 1.31 bits per heavy atom. The van der Waals surface area contributed by atoms with E-state index in [1.54, 1.807) is 6.92 Å². The smallest absolute Gasteiger partial charge is 0.231 e. The highest BCUT2D eigenvalue weighted by atomic mass is 16.1. The maximum Gasteiger partial charge on any atom is 0.231 e. The van der Waals surface area contributed by atoms with Crippen LogP contribution in [0, 0.1) is 0 Å². The number of hydrogen-bond acceptors (Lipinski definition) is 3. The summed E-state index contributed by atoms with van der Waals surface area (Å²) < 4.78 is 0. The Morgan fingerprint density at radius 3 is 2.38 bits per heavy atom. The number of nitrogens with zero attached hydrogens (tertiary/aromatic N) is 1. The van der Waals surface area contributed by atoms with Crippen molar-refractivity contribution in [3.05, 3.63) is 0 Å². The lowest BCUT2D eigenvalue weighted by Gasteiger charge is -2.13. The fourth-order valence-electron chi connectivity index (χ4n) is 1.10. The molecule has 4 heteroatoms. The van der Waals surface area contributed by atoms with E-state index in [0.717, 1.165) is 19.4 Å². The molecule has 0 spiro atoms. The minimum atomic E-state index is -0.311. The van der Waals surface area contributed by atoms with Gasteiger partial charge in [-0.3, -0.25) is 9.69 Å². The van der Waals surface area contributed by atoms with Crippen LogP contribution < -0.4 is 5.73 Å². The highest BCUT2D eigenvalue weighted by Crippen LogP contribution is 1.97. The number of unbranched alkanes of at least 4 members (excludes halogenated alkanes) is 1. The molecule has 13 heavy (non-hydrogen) atoms. The summed E-state index contributed by atoms with van der Waals surface area (Å²) in [6.45, 7) is 2.70. The van der Waals surface area contributed by atoms with E-state index in [1.807, 2.05) is 11.9 Å². The topological polar surface area (TPSA) is 63.4 Å². The number of likely N-dealkylation sites (N-methyl/N-ethyl adjacent to an activating group) is 1. The van der Waals surface area contributed by atoms with Crippen molar-refractivity contribution in [1.82, 2.24) is 4.90 Å². The van der Waals surface area contributed by atoms with E-state index in [9.17, 15) is 9.59 Å². The Balaban J connectivity index is 3.31. The van der Waals surface area contributed by atoms with Gasteiger partial charge < -0.3 is 10.5 Å². The van der Waals surface area contributed by atoms with Crippen LogP contribution in [0.25, 0.3) is 0 Å². The molecule has 0 unspecified atom stereocenters. The van der Waals surface area contributed by atoms with Crippen LogP contribution in [-0.2, 0) is 9.59 Å². The number of rotatable bonds is 7. The molecule has 0 aromatic carbocycles.